The van der Waals surface area contributed by atoms with E-state index in [4.69, 9.17) is 9.47 Å². The van der Waals surface area contributed by atoms with Crippen molar-refractivity contribution in [3.63, 3.8) is 0 Å². The maximum absolute atomic E-state index is 12.3. The summed E-state index contributed by atoms with van der Waals surface area (Å²) < 4.78 is 10.7. The quantitative estimate of drug-likeness (QED) is 0.514. The summed E-state index contributed by atoms with van der Waals surface area (Å²) >= 11 is 0. The Morgan fingerprint density at radius 3 is 2.58 bits per heavy atom. The Labute approximate surface area is 143 Å². The van der Waals surface area contributed by atoms with Crippen molar-refractivity contribution < 1.29 is 24.3 Å². The van der Waals surface area contributed by atoms with Gasteiger partial charge in [-0.3, -0.25) is 14.9 Å². The molecule has 0 aliphatic carbocycles. The van der Waals surface area contributed by atoms with Crippen molar-refractivity contribution in [3.8, 4) is 11.5 Å². The number of rotatable bonds is 4. The third-order valence-corrected chi connectivity index (χ3v) is 3.93. The average molecular weight is 360 g/mol. The van der Waals surface area contributed by atoms with Crippen molar-refractivity contribution >= 4 is 24.0 Å². The fraction of sp³-hybridized carbons (Fsp3) is 0.500. The van der Waals surface area contributed by atoms with Gasteiger partial charge in [0.05, 0.1) is 17.1 Å². The van der Waals surface area contributed by atoms with Gasteiger partial charge in [0.15, 0.2) is 11.5 Å². The number of nitro benzene ring substituents is 1. The molecule has 1 aromatic rings. The molecule has 1 fully saturated rings. The molecule has 0 saturated carbocycles. The van der Waals surface area contributed by atoms with Gasteiger partial charge in [-0.2, -0.15) is 0 Å². The Morgan fingerprint density at radius 2 is 2.00 bits per heavy atom. The summed E-state index contributed by atoms with van der Waals surface area (Å²) in [6.07, 6.45) is -0.537. The van der Waals surface area contributed by atoms with E-state index in [-0.39, 0.29) is 41.9 Å². The Morgan fingerprint density at radius 1 is 1.33 bits per heavy atom. The van der Waals surface area contributed by atoms with Crippen LogP contribution in [-0.4, -0.2) is 54.9 Å². The van der Waals surface area contributed by atoms with Crippen molar-refractivity contribution in [2.24, 2.45) is 5.92 Å². The van der Waals surface area contributed by atoms with Gasteiger partial charge in [0.25, 0.3) is 11.6 Å². The number of nitrogens with zero attached hydrogens (tertiary/aromatic N) is 1. The molecule has 1 amide bonds. The summed E-state index contributed by atoms with van der Waals surface area (Å²) in [6.45, 7) is 1.93. The first-order chi connectivity index (χ1) is 11.1. The van der Waals surface area contributed by atoms with E-state index in [1.807, 2.05) is 0 Å². The van der Waals surface area contributed by atoms with Gasteiger partial charge in [-0.1, -0.05) is 0 Å². The molecule has 1 aromatic carbocycles. The Hall–Kier alpha value is -2.10. The number of amides is 1. The number of ether oxygens (including phenoxy) is 2. The summed E-state index contributed by atoms with van der Waals surface area (Å²) in [7, 11) is 0. The second-order valence-corrected chi connectivity index (χ2v) is 5.47. The van der Waals surface area contributed by atoms with Gasteiger partial charge in [-0.05, 0) is 0 Å². The zero-order valence-corrected chi connectivity index (χ0v) is 13.5. The number of aliphatic hydroxyl groups excluding tert-OH is 1. The van der Waals surface area contributed by atoms with Gasteiger partial charge in [0.2, 0.25) is 0 Å². The van der Waals surface area contributed by atoms with Crippen LogP contribution < -0.4 is 20.1 Å². The molecule has 24 heavy (non-hydrogen) atoms. The number of fused-ring (bicyclic) bond motifs is 1. The number of carbonyl (C=O) groups is 1. The summed E-state index contributed by atoms with van der Waals surface area (Å²) in [4.78, 5) is 22.9. The number of hydrogen-bond acceptors (Lipinski definition) is 7. The summed E-state index contributed by atoms with van der Waals surface area (Å²) in [5.41, 5.74) is -0.420. The van der Waals surface area contributed by atoms with Gasteiger partial charge in [0, 0.05) is 31.6 Å². The van der Waals surface area contributed by atoms with Crippen molar-refractivity contribution in [3.05, 3.63) is 27.8 Å². The number of nitro groups is 1. The zero-order chi connectivity index (χ0) is 16.4. The van der Waals surface area contributed by atoms with Crippen LogP contribution in [0.15, 0.2) is 12.1 Å². The molecule has 0 aromatic heterocycles. The van der Waals surface area contributed by atoms with Gasteiger partial charge in [-0.15, -0.1) is 12.4 Å². The molecule has 2 aliphatic heterocycles. The minimum Gasteiger partial charge on any atom is -0.486 e. The largest absolute Gasteiger partial charge is 0.486 e. The molecular formula is C14H18ClN3O6. The highest BCUT2D eigenvalue weighted by atomic mass is 35.5. The maximum atomic E-state index is 12.3. The topological polar surface area (TPSA) is 123 Å². The van der Waals surface area contributed by atoms with Gasteiger partial charge < -0.3 is 25.2 Å². The van der Waals surface area contributed by atoms with Crippen molar-refractivity contribution in [2.75, 3.05) is 32.8 Å². The number of aliphatic hydroxyl groups is 1. The van der Waals surface area contributed by atoms with Crippen LogP contribution in [0.3, 0.4) is 0 Å². The first-order valence-electron chi connectivity index (χ1n) is 7.31. The standard InChI is InChI=1S/C14H17N3O6.ClH/c18-11-7-15-5-8(11)6-16-14(19)9-3-12-13(23-2-1-22-12)4-10(9)17(20)21;/h3-4,8,11,15,18H,1-2,5-7H2,(H,16,19);1H. The lowest BCUT2D eigenvalue weighted by Crippen LogP contribution is -2.34. The van der Waals surface area contributed by atoms with E-state index >= 15 is 0 Å². The van der Waals surface area contributed by atoms with Crippen LogP contribution in [0.2, 0.25) is 0 Å². The second-order valence-electron chi connectivity index (χ2n) is 5.47. The van der Waals surface area contributed by atoms with E-state index in [0.29, 0.717) is 32.1 Å². The molecule has 0 spiro atoms. The third-order valence-electron chi connectivity index (χ3n) is 3.93. The van der Waals surface area contributed by atoms with E-state index in [1.54, 1.807) is 0 Å². The number of halogens is 1. The average Bonchev–Trinajstić information content (AvgIpc) is 2.96. The normalized spacial score (nSPS) is 21.7. The Balaban J connectivity index is 0.00000208. The third kappa shape index (κ3) is 3.69. The molecule has 0 bridgehead atoms. The highest BCUT2D eigenvalue weighted by molar-refractivity contribution is 5.99. The fourth-order valence-corrected chi connectivity index (χ4v) is 2.66. The van der Waals surface area contributed by atoms with Gasteiger partial charge in [0.1, 0.15) is 18.8 Å². The molecule has 2 atom stereocenters. The molecule has 2 heterocycles. The van der Waals surface area contributed by atoms with E-state index in [0.717, 1.165) is 0 Å². The van der Waals surface area contributed by atoms with Crippen LogP contribution in [0.25, 0.3) is 0 Å². The molecule has 3 N–H and O–H groups in total. The van der Waals surface area contributed by atoms with Gasteiger partial charge in [-0.25, -0.2) is 0 Å². The maximum Gasteiger partial charge on any atom is 0.286 e. The molecule has 1 saturated heterocycles. The highest BCUT2D eigenvalue weighted by Gasteiger charge is 2.29. The number of β-amino-alcohol motifs (C(OH)–C–C–N with tert-alkyl or cyclic N) is 1. The second kappa shape index (κ2) is 7.65. The number of nitrogens with one attached hydrogen (secondary N) is 2. The molecular weight excluding hydrogens is 342 g/mol. The van der Waals surface area contributed by atoms with E-state index < -0.39 is 16.9 Å². The van der Waals surface area contributed by atoms with Crippen molar-refractivity contribution in [1.29, 1.82) is 0 Å². The molecule has 2 unspecified atom stereocenters. The summed E-state index contributed by atoms with van der Waals surface area (Å²) in [5, 5.41) is 26.6. The lowest BCUT2D eigenvalue weighted by Gasteiger charge is -2.19. The van der Waals surface area contributed by atoms with Crippen LogP contribution in [0.5, 0.6) is 11.5 Å². The van der Waals surface area contributed by atoms with Crippen molar-refractivity contribution in [1.82, 2.24) is 10.6 Å². The predicted octanol–water partition coefficient (Wildman–Crippen LogP) is 0.0979. The van der Waals surface area contributed by atoms with E-state index in [9.17, 15) is 20.0 Å². The highest BCUT2D eigenvalue weighted by Crippen LogP contribution is 2.36. The molecule has 9 nitrogen and oxygen atoms in total. The monoisotopic (exact) mass is 359 g/mol. The lowest BCUT2D eigenvalue weighted by atomic mass is 10.1. The van der Waals surface area contributed by atoms with Crippen LogP contribution in [0.1, 0.15) is 10.4 Å². The summed E-state index contributed by atoms with van der Waals surface area (Å²) in [6, 6.07) is 2.53. The van der Waals surface area contributed by atoms with Crippen LogP contribution in [0.4, 0.5) is 5.69 Å². The first kappa shape index (κ1) is 18.2. The first-order valence-corrected chi connectivity index (χ1v) is 7.31. The number of benzene rings is 1. The van der Waals surface area contributed by atoms with Crippen LogP contribution in [0, 0.1) is 16.0 Å². The van der Waals surface area contributed by atoms with E-state index in [1.165, 1.54) is 12.1 Å². The SMILES string of the molecule is Cl.O=C(NCC1CNCC1O)c1cc2c(cc1[N+](=O)[O-])OCCO2. The van der Waals surface area contributed by atoms with Crippen molar-refractivity contribution in [2.45, 2.75) is 6.10 Å². The molecule has 10 heteroatoms. The number of hydrogen-bond donors (Lipinski definition) is 3. The predicted molar refractivity (Wildman–Crippen MR) is 86.0 cm³/mol. The minimum atomic E-state index is -0.626. The zero-order valence-electron chi connectivity index (χ0n) is 12.7. The Bertz CT molecular complexity index is 641. The number of carbonyl (C=O) groups excluding carboxylic acids is 1. The van der Waals surface area contributed by atoms with Crippen LogP contribution >= 0.6 is 12.4 Å². The molecule has 0 radical (unpaired) electrons. The molecule has 2 aliphatic rings. The van der Waals surface area contributed by atoms with Gasteiger partial charge >= 0.3 is 0 Å². The smallest absolute Gasteiger partial charge is 0.286 e. The molecule has 3 rings (SSSR count). The Kier molecular flexibility index (Phi) is 5.81. The summed E-state index contributed by atoms with van der Waals surface area (Å²) in [5.74, 6) is -0.118. The lowest BCUT2D eigenvalue weighted by molar-refractivity contribution is -0.385. The fourth-order valence-electron chi connectivity index (χ4n) is 2.66. The van der Waals surface area contributed by atoms with E-state index in [2.05, 4.69) is 10.6 Å². The minimum absolute atomic E-state index is 0. The van der Waals surface area contributed by atoms with Crippen LogP contribution in [-0.2, 0) is 0 Å². The molecule has 132 valence electrons.